The summed E-state index contributed by atoms with van der Waals surface area (Å²) in [7, 11) is -2.44. The molecular formula is C15H13FN2O3S. The van der Waals surface area contributed by atoms with Crippen LogP contribution in [-0.2, 0) is 14.8 Å². The van der Waals surface area contributed by atoms with Gasteiger partial charge in [0.25, 0.3) is 10.0 Å². The van der Waals surface area contributed by atoms with Crippen LogP contribution in [0.15, 0.2) is 47.4 Å². The van der Waals surface area contributed by atoms with Crippen molar-refractivity contribution < 1.29 is 17.6 Å². The summed E-state index contributed by atoms with van der Waals surface area (Å²) >= 11 is 0. The van der Waals surface area contributed by atoms with Crippen LogP contribution in [0.2, 0.25) is 0 Å². The summed E-state index contributed by atoms with van der Waals surface area (Å²) in [5, 5.41) is 2.40. The second-order valence-corrected chi connectivity index (χ2v) is 6.67. The Kier molecular flexibility index (Phi) is 3.37. The molecule has 114 valence electrons. The first-order valence-electron chi connectivity index (χ1n) is 6.57. The number of hydrogen-bond acceptors (Lipinski definition) is 3. The Hall–Kier alpha value is -2.41. The van der Waals surface area contributed by atoms with E-state index in [1.54, 1.807) is 18.2 Å². The molecular weight excluding hydrogens is 307 g/mol. The van der Waals surface area contributed by atoms with Crippen molar-refractivity contribution in [1.29, 1.82) is 0 Å². The largest absolute Gasteiger partial charge is 0.358 e. The van der Waals surface area contributed by atoms with Gasteiger partial charge >= 0.3 is 0 Å². The maximum atomic E-state index is 13.6. The number of benzene rings is 2. The summed E-state index contributed by atoms with van der Waals surface area (Å²) in [6, 6.07) is 10.2. The lowest BCUT2D eigenvalue weighted by atomic mass is 10.0. The van der Waals surface area contributed by atoms with E-state index in [1.807, 2.05) is 0 Å². The average molecular weight is 320 g/mol. The molecule has 0 radical (unpaired) electrons. The molecule has 0 saturated carbocycles. The molecule has 0 spiro atoms. The smallest absolute Gasteiger partial charge is 0.265 e. The van der Waals surface area contributed by atoms with Gasteiger partial charge in [0.05, 0.1) is 10.6 Å². The van der Waals surface area contributed by atoms with Gasteiger partial charge in [-0.3, -0.25) is 9.10 Å². The Labute approximate surface area is 127 Å². The lowest BCUT2D eigenvalue weighted by Gasteiger charge is -2.31. The van der Waals surface area contributed by atoms with E-state index in [1.165, 1.54) is 31.3 Å². The number of hydrogen-bond donors (Lipinski definition) is 1. The van der Waals surface area contributed by atoms with E-state index in [0.29, 0.717) is 16.8 Å². The van der Waals surface area contributed by atoms with E-state index >= 15 is 0 Å². The van der Waals surface area contributed by atoms with E-state index in [9.17, 15) is 17.6 Å². The summed E-state index contributed by atoms with van der Waals surface area (Å²) in [6.07, 6.45) is 0. The molecule has 1 aliphatic rings. The van der Waals surface area contributed by atoms with Crippen LogP contribution in [0.5, 0.6) is 0 Å². The van der Waals surface area contributed by atoms with Gasteiger partial charge in [0.1, 0.15) is 12.4 Å². The Bertz CT molecular complexity index is 865. The molecule has 2 aromatic rings. The highest BCUT2D eigenvalue weighted by atomic mass is 32.2. The Morgan fingerprint density at radius 1 is 1.18 bits per heavy atom. The van der Waals surface area contributed by atoms with Gasteiger partial charge in [-0.15, -0.1) is 0 Å². The number of carbonyl (C=O) groups excluding carboxylic acids is 1. The fourth-order valence-electron chi connectivity index (χ4n) is 2.48. The molecule has 1 N–H and O–H groups in total. The first-order valence-corrected chi connectivity index (χ1v) is 8.01. The highest BCUT2D eigenvalue weighted by Crippen LogP contribution is 2.42. The minimum Gasteiger partial charge on any atom is -0.358 e. The molecule has 1 aliphatic heterocycles. The van der Waals surface area contributed by atoms with E-state index in [2.05, 4.69) is 5.32 Å². The van der Waals surface area contributed by atoms with Crippen LogP contribution in [0, 0.1) is 5.82 Å². The summed E-state index contributed by atoms with van der Waals surface area (Å²) in [4.78, 5) is 11.7. The number of sulfonamides is 1. The summed E-state index contributed by atoms with van der Waals surface area (Å²) in [5.74, 6) is -0.911. The van der Waals surface area contributed by atoms with Crippen molar-refractivity contribution in [2.45, 2.75) is 4.90 Å². The number of fused-ring (bicyclic) bond motifs is 3. The third-order valence-electron chi connectivity index (χ3n) is 3.54. The van der Waals surface area contributed by atoms with Crippen molar-refractivity contribution in [2.75, 3.05) is 17.9 Å². The third kappa shape index (κ3) is 2.14. The number of nitrogens with zero attached hydrogens (tertiary/aromatic N) is 1. The number of nitrogens with one attached hydrogen (secondary N) is 1. The first-order chi connectivity index (χ1) is 10.4. The van der Waals surface area contributed by atoms with Crippen molar-refractivity contribution in [2.24, 2.45) is 0 Å². The van der Waals surface area contributed by atoms with Crippen LogP contribution in [0.1, 0.15) is 0 Å². The molecule has 0 aromatic heterocycles. The summed E-state index contributed by atoms with van der Waals surface area (Å²) < 4.78 is 40.1. The Balaban J connectivity index is 2.29. The average Bonchev–Trinajstić information content (AvgIpc) is 2.51. The predicted molar refractivity (Wildman–Crippen MR) is 80.4 cm³/mol. The zero-order valence-corrected chi connectivity index (χ0v) is 12.5. The SMILES string of the molecule is CNC(=O)CN1c2ccc(F)cc2-c2ccccc2S1(=O)=O. The molecule has 0 bridgehead atoms. The monoisotopic (exact) mass is 320 g/mol. The molecule has 3 rings (SSSR count). The highest BCUT2D eigenvalue weighted by Gasteiger charge is 2.35. The number of likely N-dealkylation sites (N-methyl/N-ethyl adjacent to an activating group) is 1. The molecule has 7 heteroatoms. The van der Waals surface area contributed by atoms with E-state index < -0.39 is 21.7 Å². The van der Waals surface area contributed by atoms with Crippen LogP contribution in [0.4, 0.5) is 10.1 Å². The van der Waals surface area contributed by atoms with Gasteiger partial charge in [0.2, 0.25) is 5.91 Å². The van der Waals surface area contributed by atoms with Gasteiger partial charge in [-0.05, 0) is 24.3 Å². The van der Waals surface area contributed by atoms with Crippen LogP contribution >= 0.6 is 0 Å². The zero-order chi connectivity index (χ0) is 15.9. The topological polar surface area (TPSA) is 66.5 Å². The summed E-state index contributed by atoms with van der Waals surface area (Å²) in [5.41, 5.74) is 1.18. The van der Waals surface area contributed by atoms with Gasteiger partial charge in [-0.1, -0.05) is 18.2 Å². The zero-order valence-electron chi connectivity index (χ0n) is 11.7. The molecule has 0 fully saturated rings. The maximum absolute atomic E-state index is 13.6. The number of carbonyl (C=O) groups is 1. The molecule has 0 aliphatic carbocycles. The quantitative estimate of drug-likeness (QED) is 0.917. The minimum atomic E-state index is -3.86. The van der Waals surface area contributed by atoms with Gasteiger partial charge < -0.3 is 5.32 Å². The van der Waals surface area contributed by atoms with Gasteiger partial charge in [-0.25, -0.2) is 12.8 Å². The Morgan fingerprint density at radius 2 is 1.91 bits per heavy atom. The van der Waals surface area contributed by atoms with Crippen LogP contribution in [-0.4, -0.2) is 27.9 Å². The lowest BCUT2D eigenvalue weighted by molar-refractivity contribution is -0.119. The minimum absolute atomic E-state index is 0.0667. The van der Waals surface area contributed by atoms with Gasteiger partial charge in [0, 0.05) is 18.2 Å². The molecule has 22 heavy (non-hydrogen) atoms. The van der Waals surface area contributed by atoms with Crippen molar-refractivity contribution >= 4 is 21.6 Å². The fourth-order valence-corrected chi connectivity index (χ4v) is 4.13. The predicted octanol–water partition coefficient (Wildman–Crippen LogP) is 1.75. The molecule has 1 amide bonds. The van der Waals surface area contributed by atoms with Crippen LogP contribution < -0.4 is 9.62 Å². The third-order valence-corrected chi connectivity index (χ3v) is 5.36. The second-order valence-electron chi connectivity index (χ2n) is 4.84. The normalized spacial score (nSPS) is 14.9. The second kappa shape index (κ2) is 5.10. The molecule has 5 nitrogen and oxygen atoms in total. The van der Waals surface area contributed by atoms with Gasteiger partial charge in [0.15, 0.2) is 0 Å². The molecule has 1 heterocycles. The highest BCUT2D eigenvalue weighted by molar-refractivity contribution is 7.93. The number of amides is 1. The molecule has 0 unspecified atom stereocenters. The number of anilines is 1. The molecule has 0 saturated heterocycles. The van der Waals surface area contributed by atoms with Crippen LogP contribution in [0.3, 0.4) is 0 Å². The first kappa shape index (κ1) is 14.5. The summed E-state index contributed by atoms with van der Waals surface area (Å²) in [6.45, 7) is -0.355. The van der Waals surface area contributed by atoms with E-state index in [4.69, 9.17) is 0 Å². The van der Waals surface area contributed by atoms with E-state index in [-0.39, 0.29) is 11.4 Å². The molecule has 0 atom stereocenters. The lowest BCUT2D eigenvalue weighted by Crippen LogP contribution is -2.41. The number of halogens is 1. The Morgan fingerprint density at radius 3 is 2.64 bits per heavy atom. The van der Waals surface area contributed by atoms with Crippen molar-refractivity contribution in [3.8, 4) is 11.1 Å². The maximum Gasteiger partial charge on any atom is 0.265 e. The van der Waals surface area contributed by atoms with Crippen molar-refractivity contribution in [3.05, 3.63) is 48.3 Å². The molecule has 2 aromatic carbocycles. The van der Waals surface area contributed by atoms with Crippen molar-refractivity contribution in [3.63, 3.8) is 0 Å². The standard InChI is InChI=1S/C15H13FN2O3S/c1-17-15(19)9-18-13-7-6-10(16)8-12(13)11-4-2-3-5-14(11)22(18,20)21/h2-8H,9H2,1H3,(H,17,19). The number of rotatable bonds is 2. The van der Waals surface area contributed by atoms with Crippen molar-refractivity contribution in [1.82, 2.24) is 5.32 Å². The van der Waals surface area contributed by atoms with Crippen LogP contribution in [0.25, 0.3) is 11.1 Å². The fraction of sp³-hybridized carbons (Fsp3) is 0.133. The van der Waals surface area contributed by atoms with Gasteiger partial charge in [-0.2, -0.15) is 0 Å². The van der Waals surface area contributed by atoms with E-state index in [0.717, 1.165) is 4.31 Å².